The van der Waals surface area contributed by atoms with Crippen molar-refractivity contribution in [2.75, 3.05) is 13.7 Å². The van der Waals surface area contributed by atoms with Crippen molar-refractivity contribution in [3.63, 3.8) is 0 Å². The van der Waals surface area contributed by atoms with Crippen LogP contribution in [0, 0.1) is 0 Å². The first-order valence-electron chi connectivity index (χ1n) is 5.35. The van der Waals surface area contributed by atoms with Crippen molar-refractivity contribution in [2.45, 2.75) is 25.8 Å². The second kappa shape index (κ2) is 5.66. The van der Waals surface area contributed by atoms with Gasteiger partial charge in [0.25, 0.3) is 0 Å². The highest BCUT2D eigenvalue weighted by Crippen LogP contribution is 2.23. The van der Waals surface area contributed by atoms with E-state index in [-0.39, 0.29) is 5.41 Å². The quantitative estimate of drug-likeness (QED) is 0.745. The van der Waals surface area contributed by atoms with Gasteiger partial charge < -0.3 is 10.1 Å². The number of amides is 1. The number of carbonyl (C=O) groups excluding carboxylic acids is 1. The van der Waals surface area contributed by atoms with E-state index in [1.54, 1.807) is 7.11 Å². The van der Waals surface area contributed by atoms with Gasteiger partial charge in [-0.2, -0.15) is 0 Å². The van der Waals surface area contributed by atoms with E-state index in [4.69, 9.17) is 4.74 Å². The zero-order chi connectivity index (χ0) is 12.0. The van der Waals surface area contributed by atoms with E-state index in [1.165, 1.54) is 5.56 Å². The van der Waals surface area contributed by atoms with Crippen LogP contribution in [0.5, 0.6) is 0 Å². The summed E-state index contributed by atoms with van der Waals surface area (Å²) in [7, 11) is 1.71. The zero-order valence-corrected chi connectivity index (χ0v) is 10.1. The van der Waals surface area contributed by atoms with E-state index in [0.717, 1.165) is 5.56 Å². The first kappa shape index (κ1) is 12.7. The summed E-state index contributed by atoms with van der Waals surface area (Å²) in [6.45, 7) is 5.57. The van der Waals surface area contributed by atoms with E-state index in [9.17, 15) is 4.79 Å². The number of hydrogen-bond acceptors (Lipinski definition) is 2. The number of hydrogen-bond donors (Lipinski definition) is 1. The minimum Gasteiger partial charge on any atom is -0.384 e. The molecule has 88 valence electrons. The van der Waals surface area contributed by atoms with Crippen LogP contribution in [0.2, 0.25) is 0 Å². The largest absolute Gasteiger partial charge is 0.384 e. The number of methoxy groups -OCH3 is 1. The third-order valence-electron chi connectivity index (χ3n) is 2.63. The number of nitrogens with one attached hydrogen (secondary N) is 1. The van der Waals surface area contributed by atoms with Crippen LogP contribution >= 0.6 is 0 Å². The van der Waals surface area contributed by atoms with E-state index in [1.807, 2.05) is 12.1 Å². The van der Waals surface area contributed by atoms with Gasteiger partial charge in [0.1, 0.15) is 0 Å². The van der Waals surface area contributed by atoms with Gasteiger partial charge >= 0.3 is 0 Å². The maximum absolute atomic E-state index is 10.2. The van der Waals surface area contributed by atoms with Crippen LogP contribution in [0.3, 0.4) is 0 Å². The first-order chi connectivity index (χ1) is 7.60. The molecule has 0 saturated carbocycles. The average molecular weight is 221 g/mol. The van der Waals surface area contributed by atoms with E-state index >= 15 is 0 Å². The molecule has 0 aliphatic rings. The van der Waals surface area contributed by atoms with Crippen LogP contribution in [-0.2, 0) is 21.5 Å². The van der Waals surface area contributed by atoms with Crippen molar-refractivity contribution >= 4 is 6.41 Å². The lowest BCUT2D eigenvalue weighted by Crippen LogP contribution is -2.23. The van der Waals surface area contributed by atoms with Gasteiger partial charge in [0.2, 0.25) is 6.41 Å². The van der Waals surface area contributed by atoms with Crippen LogP contribution in [0.1, 0.15) is 25.0 Å². The Labute approximate surface area is 96.8 Å². The minimum atomic E-state index is 0.0192. The number of ether oxygens (including phenoxy) is 1. The van der Waals surface area contributed by atoms with Gasteiger partial charge in [0.15, 0.2) is 0 Å². The summed E-state index contributed by atoms with van der Waals surface area (Å²) in [5.41, 5.74) is 2.36. The Morgan fingerprint density at radius 2 is 1.94 bits per heavy atom. The molecule has 1 N–H and O–H groups in total. The molecule has 0 aliphatic carbocycles. The van der Waals surface area contributed by atoms with E-state index in [0.29, 0.717) is 19.6 Å². The summed E-state index contributed by atoms with van der Waals surface area (Å²) in [6.07, 6.45) is 0.711. The normalized spacial score (nSPS) is 11.2. The summed E-state index contributed by atoms with van der Waals surface area (Å²) < 4.78 is 5.20. The molecule has 1 aromatic rings. The van der Waals surface area contributed by atoms with Crippen LogP contribution < -0.4 is 5.32 Å². The molecule has 0 aromatic heterocycles. The fourth-order valence-electron chi connectivity index (χ4n) is 1.68. The average Bonchev–Trinajstić information content (AvgIpc) is 2.27. The summed E-state index contributed by atoms with van der Waals surface area (Å²) in [5, 5.41) is 2.64. The van der Waals surface area contributed by atoms with Crippen LogP contribution in [0.4, 0.5) is 0 Å². The van der Waals surface area contributed by atoms with Gasteiger partial charge in [-0.1, -0.05) is 38.1 Å². The van der Waals surface area contributed by atoms with Crippen molar-refractivity contribution in [1.82, 2.24) is 5.32 Å². The number of carbonyl (C=O) groups is 1. The standard InChI is InChI=1S/C13H19NO2/c1-13(2,9-16-3)12-6-4-11(5-7-12)8-14-10-15/h4-7,10H,8-9H2,1-3H3,(H,14,15). The van der Waals surface area contributed by atoms with E-state index < -0.39 is 0 Å². The first-order valence-corrected chi connectivity index (χ1v) is 5.35. The predicted molar refractivity (Wildman–Crippen MR) is 64.2 cm³/mol. The number of benzene rings is 1. The fraction of sp³-hybridized carbons (Fsp3) is 0.462. The Kier molecular flexibility index (Phi) is 4.50. The molecular weight excluding hydrogens is 202 g/mol. The molecule has 0 fully saturated rings. The van der Waals surface area contributed by atoms with Crippen molar-refractivity contribution < 1.29 is 9.53 Å². The van der Waals surface area contributed by atoms with Crippen molar-refractivity contribution in [3.05, 3.63) is 35.4 Å². The summed E-state index contributed by atoms with van der Waals surface area (Å²) in [6, 6.07) is 8.23. The lowest BCUT2D eigenvalue weighted by Gasteiger charge is -2.24. The van der Waals surface area contributed by atoms with Gasteiger partial charge in [-0.05, 0) is 11.1 Å². The van der Waals surface area contributed by atoms with Gasteiger partial charge in [-0.15, -0.1) is 0 Å². The predicted octanol–water partition coefficient (Wildman–Crippen LogP) is 1.86. The Bertz CT molecular complexity index is 330. The van der Waals surface area contributed by atoms with Crippen molar-refractivity contribution in [3.8, 4) is 0 Å². The molecule has 3 heteroatoms. The second-order valence-corrected chi connectivity index (χ2v) is 4.51. The highest BCUT2D eigenvalue weighted by molar-refractivity contribution is 5.46. The molecule has 1 amide bonds. The molecule has 0 bridgehead atoms. The molecule has 0 saturated heterocycles. The molecule has 16 heavy (non-hydrogen) atoms. The minimum absolute atomic E-state index is 0.0192. The highest BCUT2D eigenvalue weighted by Gasteiger charge is 2.19. The maximum atomic E-state index is 10.2. The molecule has 1 aromatic carbocycles. The maximum Gasteiger partial charge on any atom is 0.207 e. The second-order valence-electron chi connectivity index (χ2n) is 4.51. The Balaban J connectivity index is 2.73. The van der Waals surface area contributed by atoms with Crippen molar-refractivity contribution in [1.29, 1.82) is 0 Å². The molecule has 0 spiro atoms. The Hall–Kier alpha value is -1.35. The zero-order valence-electron chi connectivity index (χ0n) is 10.1. The summed E-state index contributed by atoms with van der Waals surface area (Å²) in [5.74, 6) is 0. The smallest absolute Gasteiger partial charge is 0.207 e. The van der Waals surface area contributed by atoms with E-state index in [2.05, 4.69) is 31.3 Å². The monoisotopic (exact) mass is 221 g/mol. The third kappa shape index (κ3) is 3.35. The van der Waals surface area contributed by atoms with Gasteiger partial charge in [-0.25, -0.2) is 0 Å². The third-order valence-corrected chi connectivity index (χ3v) is 2.63. The van der Waals surface area contributed by atoms with Gasteiger partial charge in [0, 0.05) is 19.1 Å². The Morgan fingerprint density at radius 1 is 1.31 bits per heavy atom. The van der Waals surface area contributed by atoms with Gasteiger partial charge in [-0.3, -0.25) is 4.79 Å². The van der Waals surface area contributed by atoms with Crippen LogP contribution in [0.15, 0.2) is 24.3 Å². The fourth-order valence-corrected chi connectivity index (χ4v) is 1.68. The molecule has 0 heterocycles. The molecule has 0 radical (unpaired) electrons. The molecule has 0 aliphatic heterocycles. The number of rotatable bonds is 6. The lowest BCUT2D eigenvalue weighted by molar-refractivity contribution is -0.109. The Morgan fingerprint density at radius 3 is 2.44 bits per heavy atom. The topological polar surface area (TPSA) is 38.3 Å². The molecule has 0 atom stereocenters. The highest BCUT2D eigenvalue weighted by atomic mass is 16.5. The van der Waals surface area contributed by atoms with Crippen LogP contribution in [0.25, 0.3) is 0 Å². The molecule has 1 rings (SSSR count). The molecular formula is C13H19NO2. The van der Waals surface area contributed by atoms with Gasteiger partial charge in [0.05, 0.1) is 6.61 Å². The van der Waals surface area contributed by atoms with Crippen molar-refractivity contribution in [2.24, 2.45) is 0 Å². The summed E-state index contributed by atoms with van der Waals surface area (Å²) >= 11 is 0. The molecule has 3 nitrogen and oxygen atoms in total. The SMILES string of the molecule is COCC(C)(C)c1ccc(CNC=O)cc1. The summed E-state index contributed by atoms with van der Waals surface area (Å²) in [4.78, 5) is 10.2. The van der Waals surface area contributed by atoms with Crippen LogP contribution in [-0.4, -0.2) is 20.1 Å². The molecule has 0 unspecified atom stereocenters. The lowest BCUT2D eigenvalue weighted by atomic mass is 9.85.